The third-order valence-corrected chi connectivity index (χ3v) is 4.76. The average Bonchev–Trinajstić information content (AvgIpc) is 3.05. The molecule has 3 rings (SSSR count). The number of anilines is 1. The van der Waals surface area contributed by atoms with E-state index in [1.807, 2.05) is 18.2 Å². The van der Waals surface area contributed by atoms with Gasteiger partial charge in [0.05, 0.1) is 7.11 Å². The lowest BCUT2D eigenvalue weighted by Crippen LogP contribution is -2.28. The highest BCUT2D eigenvalue weighted by Gasteiger charge is 2.26. The first kappa shape index (κ1) is 24.0. The minimum absolute atomic E-state index is 0. The van der Waals surface area contributed by atoms with Gasteiger partial charge in [-0.3, -0.25) is 9.78 Å². The normalized spacial score (nSPS) is 17.8. The van der Waals surface area contributed by atoms with Crippen molar-refractivity contribution in [2.45, 2.75) is 38.3 Å². The van der Waals surface area contributed by atoms with Crippen LogP contribution in [0.1, 0.15) is 31.2 Å². The number of methoxy groups -OCH3 is 1. The number of hydrogen-bond acceptors (Lipinski definition) is 5. The van der Waals surface area contributed by atoms with Gasteiger partial charge in [-0.05, 0) is 48.6 Å². The van der Waals surface area contributed by atoms with Crippen LogP contribution < -0.4 is 20.5 Å². The number of nitrogens with two attached hydrogens (primary N) is 1. The second-order valence-corrected chi connectivity index (χ2v) is 6.62. The number of amides is 1. The zero-order valence-corrected chi connectivity index (χ0v) is 17.4. The highest BCUT2D eigenvalue weighted by molar-refractivity contribution is 5.91. The third kappa shape index (κ3) is 6.55. The van der Waals surface area contributed by atoms with Crippen molar-refractivity contribution in [3.63, 3.8) is 0 Å². The van der Waals surface area contributed by atoms with Gasteiger partial charge in [0, 0.05) is 36.6 Å². The average molecular weight is 428 g/mol. The van der Waals surface area contributed by atoms with Crippen molar-refractivity contribution in [3.05, 3.63) is 48.3 Å². The fourth-order valence-corrected chi connectivity index (χ4v) is 3.28. The maximum atomic E-state index is 12.3. The smallest absolute Gasteiger partial charge is 0.224 e. The number of hydrogen-bond donors (Lipinski definition) is 2. The molecule has 8 heteroatoms. The molecular formula is C20H27Cl2N3O3. The molecule has 2 atom stereocenters. The van der Waals surface area contributed by atoms with E-state index in [9.17, 15) is 4.79 Å². The van der Waals surface area contributed by atoms with Crippen LogP contribution in [0.25, 0.3) is 0 Å². The molecule has 1 aromatic heterocycles. The summed E-state index contributed by atoms with van der Waals surface area (Å²) in [5.74, 6) is 1.46. The summed E-state index contributed by atoms with van der Waals surface area (Å²) < 4.78 is 11.2. The highest BCUT2D eigenvalue weighted by atomic mass is 35.5. The molecule has 0 aliphatic heterocycles. The van der Waals surface area contributed by atoms with Gasteiger partial charge in [-0.25, -0.2) is 0 Å². The quantitative estimate of drug-likeness (QED) is 0.697. The lowest BCUT2D eigenvalue weighted by molar-refractivity contribution is -0.117. The van der Waals surface area contributed by atoms with Gasteiger partial charge in [-0.1, -0.05) is 6.42 Å². The Morgan fingerprint density at radius 1 is 1.18 bits per heavy atom. The third-order valence-electron chi connectivity index (χ3n) is 4.76. The number of carbonyl (C=O) groups excluding carboxylic acids is 1. The van der Waals surface area contributed by atoms with Crippen LogP contribution in [0, 0.1) is 5.92 Å². The molecule has 1 aromatic carbocycles. The maximum Gasteiger partial charge on any atom is 0.224 e. The van der Waals surface area contributed by atoms with Crippen LogP contribution in [-0.4, -0.2) is 24.0 Å². The molecule has 2 aromatic rings. The zero-order chi connectivity index (χ0) is 18.4. The first-order valence-electron chi connectivity index (χ1n) is 8.91. The molecule has 3 N–H and O–H groups in total. The van der Waals surface area contributed by atoms with E-state index in [2.05, 4.69) is 10.3 Å². The molecule has 6 nitrogen and oxygen atoms in total. The van der Waals surface area contributed by atoms with E-state index in [1.165, 1.54) is 0 Å². The highest BCUT2D eigenvalue weighted by Crippen LogP contribution is 2.32. The van der Waals surface area contributed by atoms with E-state index >= 15 is 0 Å². The lowest BCUT2D eigenvalue weighted by atomic mass is 10.00. The molecule has 1 heterocycles. The zero-order valence-electron chi connectivity index (χ0n) is 15.8. The van der Waals surface area contributed by atoms with E-state index in [-0.39, 0.29) is 42.7 Å². The molecule has 1 aliphatic carbocycles. The number of rotatable bonds is 7. The number of carbonyl (C=O) groups is 1. The minimum atomic E-state index is -0.0161. The first-order valence-corrected chi connectivity index (χ1v) is 8.91. The Kier molecular flexibility index (Phi) is 10.1. The largest absolute Gasteiger partial charge is 0.493 e. The van der Waals surface area contributed by atoms with Gasteiger partial charge in [0.1, 0.15) is 6.61 Å². The number of aromatic nitrogens is 1. The van der Waals surface area contributed by atoms with Crippen LogP contribution in [0.2, 0.25) is 0 Å². The molecule has 0 unspecified atom stereocenters. The fraction of sp³-hybridized carbons (Fsp3) is 0.400. The Bertz CT molecular complexity index is 747. The van der Waals surface area contributed by atoms with Crippen molar-refractivity contribution in [2.75, 3.05) is 12.4 Å². The van der Waals surface area contributed by atoms with E-state index in [0.29, 0.717) is 30.2 Å². The monoisotopic (exact) mass is 427 g/mol. The number of benzene rings is 1. The van der Waals surface area contributed by atoms with Crippen LogP contribution in [-0.2, 0) is 11.4 Å². The molecule has 0 bridgehead atoms. The summed E-state index contributed by atoms with van der Waals surface area (Å²) in [6, 6.07) is 9.30. The first-order chi connectivity index (χ1) is 12.7. The van der Waals surface area contributed by atoms with Gasteiger partial charge < -0.3 is 20.5 Å². The van der Waals surface area contributed by atoms with Gasteiger partial charge in [0.2, 0.25) is 5.91 Å². The van der Waals surface area contributed by atoms with Crippen molar-refractivity contribution < 1.29 is 14.3 Å². The Morgan fingerprint density at radius 3 is 2.57 bits per heavy atom. The summed E-state index contributed by atoms with van der Waals surface area (Å²) in [7, 11) is 1.59. The molecule has 0 saturated heterocycles. The second-order valence-electron chi connectivity index (χ2n) is 6.62. The van der Waals surface area contributed by atoms with Gasteiger partial charge in [0.25, 0.3) is 0 Å². The van der Waals surface area contributed by atoms with E-state index in [0.717, 1.165) is 24.8 Å². The minimum Gasteiger partial charge on any atom is -0.493 e. The number of pyridine rings is 1. The Morgan fingerprint density at radius 2 is 1.93 bits per heavy atom. The summed E-state index contributed by atoms with van der Waals surface area (Å²) in [6.07, 6.45) is 7.04. The van der Waals surface area contributed by atoms with Crippen LogP contribution >= 0.6 is 24.8 Å². The second kappa shape index (κ2) is 11.7. The molecule has 154 valence electrons. The van der Waals surface area contributed by atoms with Crippen LogP contribution in [0.3, 0.4) is 0 Å². The predicted octanol–water partition coefficient (Wildman–Crippen LogP) is 3.97. The molecule has 0 radical (unpaired) electrons. The number of halogens is 2. The predicted molar refractivity (Wildman–Crippen MR) is 115 cm³/mol. The van der Waals surface area contributed by atoms with Gasteiger partial charge >= 0.3 is 0 Å². The topological polar surface area (TPSA) is 86.5 Å². The van der Waals surface area contributed by atoms with Crippen molar-refractivity contribution in [1.29, 1.82) is 0 Å². The SMILES string of the molecule is COc1ccc(NC(=O)C[C@@H]2CCC[C@H]2N)cc1OCc1ccncc1.Cl.Cl. The lowest BCUT2D eigenvalue weighted by Gasteiger charge is -2.16. The Balaban J connectivity index is 0.00000196. The number of ether oxygens (including phenoxy) is 2. The van der Waals surface area contributed by atoms with Crippen LogP contribution in [0.15, 0.2) is 42.7 Å². The van der Waals surface area contributed by atoms with Crippen molar-refractivity contribution in [1.82, 2.24) is 4.98 Å². The number of nitrogens with one attached hydrogen (secondary N) is 1. The molecule has 1 fully saturated rings. The molecule has 1 aliphatic rings. The fourth-order valence-electron chi connectivity index (χ4n) is 3.28. The molecule has 1 amide bonds. The van der Waals surface area contributed by atoms with Gasteiger partial charge in [0.15, 0.2) is 11.5 Å². The molecular weight excluding hydrogens is 401 g/mol. The Labute approximate surface area is 178 Å². The summed E-state index contributed by atoms with van der Waals surface area (Å²) in [6.45, 7) is 0.396. The molecule has 0 spiro atoms. The maximum absolute atomic E-state index is 12.3. The van der Waals surface area contributed by atoms with Gasteiger partial charge in [-0.15, -0.1) is 24.8 Å². The summed E-state index contributed by atoms with van der Waals surface area (Å²) in [5, 5.41) is 2.94. The van der Waals surface area contributed by atoms with Crippen LogP contribution in [0.5, 0.6) is 11.5 Å². The standard InChI is InChI=1S/C20H25N3O3.2ClH/c1-25-18-6-5-16(23-20(24)11-15-3-2-4-17(15)21)12-19(18)26-13-14-7-9-22-10-8-14;;/h5-10,12,15,17H,2-4,11,13,21H2,1H3,(H,23,24);2*1H/t15-,17+;;/m0../s1. The summed E-state index contributed by atoms with van der Waals surface area (Å²) in [5.41, 5.74) is 7.75. The Hall–Kier alpha value is -2.02. The van der Waals surface area contributed by atoms with E-state index in [1.54, 1.807) is 31.6 Å². The molecule has 28 heavy (non-hydrogen) atoms. The summed E-state index contributed by atoms with van der Waals surface area (Å²) >= 11 is 0. The van der Waals surface area contributed by atoms with Crippen molar-refractivity contribution >= 4 is 36.4 Å². The van der Waals surface area contributed by atoms with Crippen molar-refractivity contribution in [3.8, 4) is 11.5 Å². The molecule has 1 saturated carbocycles. The summed E-state index contributed by atoms with van der Waals surface area (Å²) in [4.78, 5) is 16.3. The number of nitrogens with zero attached hydrogens (tertiary/aromatic N) is 1. The van der Waals surface area contributed by atoms with Gasteiger partial charge in [-0.2, -0.15) is 0 Å². The van der Waals surface area contributed by atoms with Crippen molar-refractivity contribution in [2.24, 2.45) is 11.7 Å². The van der Waals surface area contributed by atoms with Crippen LogP contribution in [0.4, 0.5) is 5.69 Å². The van der Waals surface area contributed by atoms with E-state index < -0.39 is 0 Å². The van der Waals surface area contributed by atoms with E-state index in [4.69, 9.17) is 15.2 Å².